The molecule has 0 amide bonds. The van der Waals surface area contributed by atoms with E-state index in [2.05, 4.69) is 61.1 Å². The maximum Gasteiger partial charge on any atom is 0.0594 e. The predicted octanol–water partition coefficient (Wildman–Crippen LogP) is 8.34. The average Bonchev–Trinajstić information content (AvgIpc) is 3.03. The van der Waals surface area contributed by atoms with Gasteiger partial charge in [-0.25, -0.2) is 0 Å². The zero-order valence-corrected chi connectivity index (χ0v) is 21.7. The van der Waals surface area contributed by atoms with E-state index in [1.165, 1.54) is 62.5 Å². The van der Waals surface area contributed by atoms with E-state index in [0.29, 0.717) is 22.2 Å². The zero-order chi connectivity index (χ0) is 22.8. The van der Waals surface area contributed by atoms with Gasteiger partial charge in [0, 0.05) is 0 Å². The fourth-order valence-electron chi connectivity index (χ4n) is 9.95. The molecule has 1 N–H and O–H groups in total. The van der Waals surface area contributed by atoms with Crippen LogP contribution in [0.3, 0.4) is 0 Å². The summed E-state index contributed by atoms with van der Waals surface area (Å²) in [6.07, 6.45) is 15.0. The first kappa shape index (κ1) is 23.6. The Morgan fingerprint density at radius 2 is 1.55 bits per heavy atom. The molecule has 4 aliphatic carbocycles. The highest BCUT2D eigenvalue weighted by Crippen LogP contribution is 2.75. The Balaban J connectivity index is 1.59. The van der Waals surface area contributed by atoms with Crippen molar-refractivity contribution in [2.24, 2.45) is 45.3 Å². The van der Waals surface area contributed by atoms with Crippen molar-refractivity contribution in [3.05, 3.63) is 23.8 Å². The van der Waals surface area contributed by atoms with E-state index >= 15 is 0 Å². The quantitative estimate of drug-likeness (QED) is 0.448. The first-order valence-electron chi connectivity index (χ1n) is 13.4. The molecule has 4 rings (SSSR count). The van der Waals surface area contributed by atoms with E-state index in [4.69, 9.17) is 0 Å². The number of fused-ring (bicyclic) bond motifs is 5. The summed E-state index contributed by atoms with van der Waals surface area (Å²) in [7, 11) is 0. The Morgan fingerprint density at radius 3 is 2.23 bits per heavy atom. The van der Waals surface area contributed by atoms with E-state index < -0.39 is 0 Å². The Bertz CT molecular complexity index is 742. The SMILES string of the molecule is C=C(CCC=C(C)C)[C@@H]1CC[C@]2(C)[C@H]1CC[C@@H]1[C@@]3(C)CC[C@H](O)C(C)(C)[C@H]3CC[C@]12C. The van der Waals surface area contributed by atoms with Crippen molar-refractivity contribution in [3.63, 3.8) is 0 Å². The van der Waals surface area contributed by atoms with Crippen LogP contribution in [0.2, 0.25) is 0 Å². The number of aliphatic hydroxyl groups is 1. The fraction of sp³-hybridized carbons (Fsp3) is 0.867. The summed E-state index contributed by atoms with van der Waals surface area (Å²) in [5.74, 6) is 3.04. The summed E-state index contributed by atoms with van der Waals surface area (Å²) in [5.41, 5.74) is 4.31. The molecule has 0 radical (unpaired) electrons. The minimum atomic E-state index is -0.123. The molecule has 0 spiro atoms. The summed E-state index contributed by atoms with van der Waals surface area (Å²) in [5, 5.41) is 10.8. The number of hydrogen-bond acceptors (Lipinski definition) is 1. The Kier molecular flexibility index (Phi) is 5.90. The van der Waals surface area contributed by atoms with Crippen molar-refractivity contribution in [2.75, 3.05) is 0 Å². The Morgan fingerprint density at radius 1 is 0.871 bits per heavy atom. The number of hydrogen-bond donors (Lipinski definition) is 1. The smallest absolute Gasteiger partial charge is 0.0594 e. The topological polar surface area (TPSA) is 20.2 Å². The van der Waals surface area contributed by atoms with Crippen LogP contribution in [0.15, 0.2) is 23.8 Å². The van der Waals surface area contributed by atoms with Crippen LogP contribution in [-0.2, 0) is 0 Å². The van der Waals surface area contributed by atoms with Crippen LogP contribution in [0.25, 0.3) is 0 Å². The van der Waals surface area contributed by atoms with Gasteiger partial charge in [-0.3, -0.25) is 0 Å². The van der Waals surface area contributed by atoms with Gasteiger partial charge in [0.1, 0.15) is 0 Å². The molecule has 8 atom stereocenters. The maximum atomic E-state index is 10.8. The normalized spacial score (nSPS) is 48.3. The maximum absolute atomic E-state index is 10.8. The second-order valence-electron chi connectivity index (χ2n) is 13.7. The fourth-order valence-corrected chi connectivity index (χ4v) is 9.95. The highest BCUT2D eigenvalue weighted by atomic mass is 16.3. The van der Waals surface area contributed by atoms with Crippen LogP contribution in [0.5, 0.6) is 0 Å². The molecule has 0 heterocycles. The minimum Gasteiger partial charge on any atom is -0.393 e. The van der Waals surface area contributed by atoms with Gasteiger partial charge in [0.15, 0.2) is 0 Å². The number of allylic oxidation sites excluding steroid dienone is 3. The summed E-state index contributed by atoms with van der Waals surface area (Å²) < 4.78 is 0. The average molecular weight is 427 g/mol. The first-order chi connectivity index (χ1) is 14.4. The van der Waals surface area contributed by atoms with Gasteiger partial charge in [0.05, 0.1) is 6.10 Å². The van der Waals surface area contributed by atoms with Crippen LogP contribution in [0, 0.1) is 45.3 Å². The van der Waals surface area contributed by atoms with Gasteiger partial charge in [-0.1, -0.05) is 58.4 Å². The molecule has 4 saturated carbocycles. The van der Waals surface area contributed by atoms with E-state index in [1.54, 1.807) is 0 Å². The van der Waals surface area contributed by atoms with Crippen molar-refractivity contribution in [1.29, 1.82) is 0 Å². The molecule has 0 aromatic heterocycles. The van der Waals surface area contributed by atoms with E-state index in [0.717, 1.165) is 30.6 Å². The van der Waals surface area contributed by atoms with Gasteiger partial charge in [-0.15, -0.1) is 0 Å². The van der Waals surface area contributed by atoms with Crippen molar-refractivity contribution < 1.29 is 5.11 Å². The lowest BCUT2D eigenvalue weighted by Crippen LogP contribution is -2.63. The number of rotatable bonds is 4. The van der Waals surface area contributed by atoms with Crippen LogP contribution in [0.4, 0.5) is 0 Å². The third-order valence-electron chi connectivity index (χ3n) is 11.9. The molecule has 176 valence electrons. The lowest BCUT2D eigenvalue weighted by atomic mass is 9.35. The van der Waals surface area contributed by atoms with Gasteiger partial charge >= 0.3 is 0 Å². The van der Waals surface area contributed by atoms with Gasteiger partial charge in [-0.05, 0) is 123 Å². The van der Waals surface area contributed by atoms with Crippen LogP contribution in [0.1, 0.15) is 113 Å². The summed E-state index contributed by atoms with van der Waals surface area (Å²) in [4.78, 5) is 0. The second-order valence-corrected chi connectivity index (χ2v) is 13.7. The summed E-state index contributed by atoms with van der Waals surface area (Å²) in [6.45, 7) is 21.8. The van der Waals surface area contributed by atoms with Gasteiger partial charge < -0.3 is 5.11 Å². The molecule has 31 heavy (non-hydrogen) atoms. The number of aliphatic hydroxyl groups excluding tert-OH is 1. The summed E-state index contributed by atoms with van der Waals surface area (Å²) in [6, 6.07) is 0. The second kappa shape index (κ2) is 7.75. The third kappa shape index (κ3) is 3.34. The zero-order valence-electron chi connectivity index (χ0n) is 21.7. The van der Waals surface area contributed by atoms with Crippen LogP contribution < -0.4 is 0 Å². The molecule has 0 bridgehead atoms. The molecule has 4 fully saturated rings. The molecule has 1 nitrogen and oxygen atoms in total. The van der Waals surface area contributed by atoms with E-state index in [1.807, 2.05) is 0 Å². The lowest BCUT2D eigenvalue weighted by molar-refractivity contribution is -0.220. The molecule has 0 aromatic rings. The predicted molar refractivity (Wildman–Crippen MR) is 133 cm³/mol. The molecular weight excluding hydrogens is 376 g/mol. The van der Waals surface area contributed by atoms with Gasteiger partial charge in [-0.2, -0.15) is 0 Å². The third-order valence-corrected chi connectivity index (χ3v) is 11.9. The molecule has 1 heteroatoms. The molecule has 0 saturated heterocycles. The van der Waals surface area contributed by atoms with Crippen molar-refractivity contribution >= 4 is 0 Å². The molecule has 0 aliphatic heterocycles. The molecular formula is C30H50O. The molecule has 0 unspecified atom stereocenters. The standard InChI is InChI=1S/C30H50O/c1-20(2)10-9-11-21(3)22-14-18-29(7)23(22)12-13-25-28(6)17-16-26(31)27(4,5)24(28)15-19-30(25,29)8/h10,22-26,31H,3,9,11-19H2,1-2,4-8H3/t22-,23-,24+,25+,26-,28-,29+,30+/m0/s1. The molecule has 4 aliphatic rings. The van der Waals surface area contributed by atoms with Crippen LogP contribution in [-0.4, -0.2) is 11.2 Å². The van der Waals surface area contributed by atoms with Crippen molar-refractivity contribution in [3.8, 4) is 0 Å². The largest absolute Gasteiger partial charge is 0.393 e. The monoisotopic (exact) mass is 426 g/mol. The minimum absolute atomic E-state index is 0.0590. The van der Waals surface area contributed by atoms with Crippen LogP contribution >= 0.6 is 0 Å². The first-order valence-corrected chi connectivity index (χ1v) is 13.4. The Hall–Kier alpha value is -0.560. The van der Waals surface area contributed by atoms with Crippen molar-refractivity contribution in [1.82, 2.24) is 0 Å². The van der Waals surface area contributed by atoms with Crippen molar-refractivity contribution in [2.45, 2.75) is 119 Å². The highest BCUT2D eigenvalue weighted by molar-refractivity contribution is 5.20. The van der Waals surface area contributed by atoms with E-state index in [-0.39, 0.29) is 11.5 Å². The highest BCUT2D eigenvalue weighted by Gasteiger charge is 2.68. The molecule has 0 aromatic carbocycles. The summed E-state index contributed by atoms with van der Waals surface area (Å²) >= 11 is 0. The lowest BCUT2D eigenvalue weighted by Gasteiger charge is -2.69. The van der Waals surface area contributed by atoms with Gasteiger partial charge in [0.2, 0.25) is 0 Å². The Labute approximate surface area is 193 Å². The van der Waals surface area contributed by atoms with Gasteiger partial charge in [0.25, 0.3) is 0 Å². The van der Waals surface area contributed by atoms with E-state index in [9.17, 15) is 5.11 Å².